The first-order chi connectivity index (χ1) is 17.1. The number of aliphatic carboxylic acids is 2. The van der Waals surface area contributed by atoms with E-state index in [1.54, 1.807) is 6.07 Å². The molecule has 2 unspecified atom stereocenters. The predicted molar refractivity (Wildman–Crippen MR) is 118 cm³/mol. The van der Waals surface area contributed by atoms with Crippen molar-refractivity contribution in [1.82, 2.24) is 9.80 Å². The summed E-state index contributed by atoms with van der Waals surface area (Å²) in [4.78, 5) is 24.3. The average Bonchev–Trinajstić information content (AvgIpc) is 3.42. The smallest absolute Gasteiger partial charge is 0.489 e. The van der Waals surface area contributed by atoms with Crippen LogP contribution in [0.4, 0.5) is 30.7 Å². The topological polar surface area (TPSA) is 90.3 Å². The molecule has 3 heterocycles. The van der Waals surface area contributed by atoms with Crippen LogP contribution in [0.15, 0.2) is 41.8 Å². The molecule has 2 aliphatic heterocycles. The number of hydrogen-bond donors (Lipinski definition) is 2. The maximum atomic E-state index is 13.3. The lowest BCUT2D eigenvalue weighted by atomic mass is 10.1. The third-order valence-corrected chi connectivity index (χ3v) is 6.07. The van der Waals surface area contributed by atoms with E-state index in [1.165, 1.54) is 17.0 Å². The van der Waals surface area contributed by atoms with E-state index < -0.39 is 24.3 Å². The number of alkyl halides is 6. The molecule has 2 aromatic rings. The van der Waals surface area contributed by atoms with Gasteiger partial charge < -0.3 is 14.9 Å². The summed E-state index contributed by atoms with van der Waals surface area (Å²) in [6.45, 7) is 5.31. The molecule has 1 aromatic heterocycles. The number of hydrogen-bond acceptors (Lipinski definition) is 6. The number of carboxylic acids is 2. The highest BCUT2D eigenvalue weighted by atomic mass is 32.1. The first-order valence-corrected chi connectivity index (χ1v) is 11.5. The Bertz CT molecular complexity index is 994. The van der Waals surface area contributed by atoms with Crippen molar-refractivity contribution in [2.75, 3.05) is 26.2 Å². The van der Waals surface area contributed by atoms with Gasteiger partial charge in [-0.05, 0) is 23.6 Å². The molecule has 37 heavy (non-hydrogen) atoms. The zero-order chi connectivity index (χ0) is 27.8. The summed E-state index contributed by atoms with van der Waals surface area (Å²) in [6.07, 6.45) is -8.97. The van der Waals surface area contributed by atoms with Gasteiger partial charge in [0.15, 0.2) is 0 Å². The second-order valence-corrected chi connectivity index (χ2v) is 9.03. The van der Waals surface area contributed by atoms with Crippen LogP contribution in [0.3, 0.4) is 0 Å². The molecule has 2 saturated heterocycles. The third kappa shape index (κ3) is 10.5. The minimum absolute atomic E-state index is 0.170. The van der Waals surface area contributed by atoms with Gasteiger partial charge >= 0.3 is 24.3 Å². The largest absolute Gasteiger partial charge is 0.490 e. The van der Waals surface area contributed by atoms with Crippen molar-refractivity contribution in [1.29, 1.82) is 0 Å². The highest BCUT2D eigenvalue weighted by Gasteiger charge is 2.39. The summed E-state index contributed by atoms with van der Waals surface area (Å²) < 4.78 is 82.7. The maximum absolute atomic E-state index is 13.3. The summed E-state index contributed by atoms with van der Waals surface area (Å²) in [6, 6.07) is 11.4. The summed E-state index contributed by atoms with van der Waals surface area (Å²) in [7, 11) is 0. The summed E-state index contributed by atoms with van der Waals surface area (Å²) in [5.41, 5.74) is 0. The van der Waals surface area contributed by atoms with Crippen LogP contribution < -0.4 is 4.74 Å². The minimum atomic E-state index is -5.08. The molecule has 2 fully saturated rings. The van der Waals surface area contributed by atoms with Gasteiger partial charge in [-0.25, -0.2) is 14.0 Å². The summed E-state index contributed by atoms with van der Waals surface area (Å²) >= 11 is 1.83. The van der Waals surface area contributed by atoms with Crippen molar-refractivity contribution in [3.05, 3.63) is 52.5 Å². The Hall–Kier alpha value is -2.91. The van der Waals surface area contributed by atoms with Gasteiger partial charge in [0.05, 0.1) is 0 Å². The first kappa shape index (κ1) is 30.3. The van der Waals surface area contributed by atoms with Gasteiger partial charge in [-0.3, -0.25) is 9.80 Å². The van der Waals surface area contributed by atoms with Gasteiger partial charge in [0.1, 0.15) is 17.7 Å². The van der Waals surface area contributed by atoms with Crippen LogP contribution >= 0.6 is 11.3 Å². The lowest BCUT2D eigenvalue weighted by Gasteiger charge is -2.36. The van der Waals surface area contributed by atoms with Crippen molar-refractivity contribution >= 4 is 23.3 Å². The molecular weight excluding hydrogens is 537 g/mol. The van der Waals surface area contributed by atoms with Gasteiger partial charge in [-0.15, -0.1) is 11.3 Å². The summed E-state index contributed by atoms with van der Waals surface area (Å²) in [5, 5.41) is 16.4. The van der Waals surface area contributed by atoms with E-state index in [9.17, 15) is 30.7 Å². The molecule has 0 radical (unpaired) electrons. The van der Waals surface area contributed by atoms with Crippen LogP contribution in [0.1, 0.15) is 11.3 Å². The van der Waals surface area contributed by atoms with Crippen molar-refractivity contribution in [3.63, 3.8) is 0 Å². The Balaban J connectivity index is 0.000000286. The summed E-state index contributed by atoms with van der Waals surface area (Å²) in [5.74, 6) is -5.11. The Morgan fingerprint density at radius 3 is 2.11 bits per heavy atom. The second-order valence-electron chi connectivity index (χ2n) is 8.00. The Morgan fingerprint density at radius 1 is 0.973 bits per heavy atom. The van der Waals surface area contributed by atoms with Crippen LogP contribution in [0, 0.1) is 5.82 Å². The number of piperazine rings is 1. The molecule has 206 valence electrons. The minimum Gasteiger partial charge on any atom is -0.489 e. The highest BCUT2D eigenvalue weighted by molar-refractivity contribution is 7.09. The number of benzene rings is 1. The maximum Gasteiger partial charge on any atom is 0.490 e. The lowest BCUT2D eigenvalue weighted by Crippen LogP contribution is -2.49. The van der Waals surface area contributed by atoms with Crippen LogP contribution in [0.5, 0.6) is 5.75 Å². The van der Waals surface area contributed by atoms with Crippen molar-refractivity contribution in [2.45, 2.75) is 37.5 Å². The molecule has 2 N–H and O–H groups in total. The number of ether oxygens (including phenoxy) is 1. The molecule has 1 aromatic carbocycles. The molecule has 7 nitrogen and oxygen atoms in total. The molecule has 2 atom stereocenters. The van der Waals surface area contributed by atoms with Gasteiger partial charge in [-0.2, -0.15) is 26.3 Å². The van der Waals surface area contributed by atoms with E-state index in [1.807, 2.05) is 17.4 Å². The fourth-order valence-corrected chi connectivity index (χ4v) is 4.39. The molecule has 0 bridgehead atoms. The van der Waals surface area contributed by atoms with Crippen molar-refractivity contribution in [3.8, 4) is 5.75 Å². The number of fused-ring (bicyclic) bond motifs is 1. The highest BCUT2D eigenvalue weighted by Crippen LogP contribution is 2.27. The number of carbonyl (C=O) groups is 2. The first-order valence-electron chi connectivity index (χ1n) is 10.7. The quantitative estimate of drug-likeness (QED) is 0.533. The monoisotopic (exact) mass is 560 g/mol. The molecule has 0 saturated carbocycles. The van der Waals surface area contributed by atoms with E-state index in [-0.39, 0.29) is 11.9 Å². The number of nitrogens with zero attached hydrogens (tertiary/aromatic N) is 2. The second kappa shape index (κ2) is 13.1. The molecule has 0 spiro atoms. The fraction of sp³-hybridized carbons (Fsp3) is 0.455. The third-order valence-electron chi connectivity index (χ3n) is 5.21. The molecular formula is C22H23F7N2O5S. The Morgan fingerprint density at radius 2 is 1.59 bits per heavy atom. The average molecular weight is 560 g/mol. The predicted octanol–water partition coefficient (Wildman–Crippen LogP) is 4.49. The fourth-order valence-electron chi connectivity index (χ4n) is 3.65. The lowest BCUT2D eigenvalue weighted by molar-refractivity contribution is -0.193. The van der Waals surface area contributed by atoms with Crippen LogP contribution in [0.2, 0.25) is 0 Å². The zero-order valence-electron chi connectivity index (χ0n) is 19.0. The van der Waals surface area contributed by atoms with E-state index in [2.05, 4.69) is 27.3 Å². The van der Waals surface area contributed by atoms with Gasteiger partial charge in [0, 0.05) is 56.1 Å². The van der Waals surface area contributed by atoms with Crippen molar-refractivity contribution < 1.29 is 55.3 Å². The number of carboxylic acid groups (broad SMARTS) is 2. The van der Waals surface area contributed by atoms with E-state index in [4.69, 9.17) is 24.5 Å². The molecule has 15 heteroatoms. The Labute approximate surface area is 210 Å². The SMILES string of the molecule is Fc1cccc(OC2CC3CN(Cc4cccs4)CCN3C2)c1.O=C(O)C(F)(F)F.O=C(O)C(F)(F)F. The van der Waals surface area contributed by atoms with Gasteiger partial charge in [0.25, 0.3) is 0 Å². The molecule has 0 amide bonds. The van der Waals surface area contributed by atoms with Crippen LogP contribution in [-0.2, 0) is 16.1 Å². The number of thiophene rings is 1. The van der Waals surface area contributed by atoms with E-state index >= 15 is 0 Å². The van der Waals surface area contributed by atoms with E-state index in [0.717, 1.165) is 39.1 Å². The van der Waals surface area contributed by atoms with Gasteiger partial charge in [0.2, 0.25) is 0 Å². The number of rotatable bonds is 4. The Kier molecular flexibility index (Phi) is 10.7. The van der Waals surface area contributed by atoms with Crippen molar-refractivity contribution in [2.24, 2.45) is 0 Å². The standard InChI is InChI=1S/C18H21FN2OS.2C2HF3O2/c19-14-3-1-4-16(9-14)22-17-10-15-11-20(6-7-21(15)12-17)13-18-5-2-8-23-18;2*3-2(4,5)1(6)7/h1-5,8-9,15,17H,6-7,10-13H2;2*(H,6,7). The molecule has 4 rings (SSSR count). The molecule has 0 aliphatic carbocycles. The van der Waals surface area contributed by atoms with Gasteiger partial charge in [-0.1, -0.05) is 12.1 Å². The van der Waals surface area contributed by atoms with Crippen LogP contribution in [0.25, 0.3) is 0 Å². The zero-order valence-corrected chi connectivity index (χ0v) is 19.8. The number of halogens is 7. The van der Waals surface area contributed by atoms with E-state index in [0.29, 0.717) is 11.8 Å². The van der Waals surface area contributed by atoms with Crippen LogP contribution in [-0.4, -0.2) is 82.6 Å². The normalized spacial score (nSPS) is 20.1. The molecule has 2 aliphatic rings.